The largest absolute Gasteiger partial charge is 0.489 e. The van der Waals surface area contributed by atoms with Crippen molar-refractivity contribution in [3.8, 4) is 5.75 Å². The van der Waals surface area contributed by atoms with Crippen LogP contribution in [0.5, 0.6) is 5.75 Å². The monoisotopic (exact) mass is 293 g/mol. The van der Waals surface area contributed by atoms with Crippen molar-refractivity contribution in [3.63, 3.8) is 0 Å². The van der Waals surface area contributed by atoms with E-state index in [-0.39, 0.29) is 25.1 Å². The van der Waals surface area contributed by atoms with Crippen molar-refractivity contribution in [2.75, 3.05) is 6.61 Å². The SMILES string of the molecule is Cl.NC(CO)Cc1cccc(OCc2ccccc2)c1. The maximum Gasteiger partial charge on any atom is 0.120 e. The molecular weight excluding hydrogens is 274 g/mol. The fourth-order valence-corrected chi connectivity index (χ4v) is 1.87. The molecule has 3 N–H and O–H groups in total. The number of aliphatic hydroxyl groups excluding tert-OH is 1. The first-order valence-electron chi connectivity index (χ1n) is 6.40. The van der Waals surface area contributed by atoms with Crippen LogP contribution in [-0.4, -0.2) is 17.8 Å². The van der Waals surface area contributed by atoms with Gasteiger partial charge in [0.2, 0.25) is 0 Å². The molecule has 2 aromatic rings. The van der Waals surface area contributed by atoms with Crippen LogP contribution in [0.25, 0.3) is 0 Å². The Hall–Kier alpha value is -1.55. The van der Waals surface area contributed by atoms with Gasteiger partial charge >= 0.3 is 0 Å². The smallest absolute Gasteiger partial charge is 0.120 e. The van der Waals surface area contributed by atoms with Crippen molar-refractivity contribution in [1.29, 1.82) is 0 Å². The molecule has 0 saturated carbocycles. The van der Waals surface area contributed by atoms with E-state index in [4.69, 9.17) is 15.6 Å². The van der Waals surface area contributed by atoms with Crippen LogP contribution in [0.2, 0.25) is 0 Å². The molecule has 0 aliphatic rings. The van der Waals surface area contributed by atoms with Gasteiger partial charge in [-0.15, -0.1) is 12.4 Å². The summed E-state index contributed by atoms with van der Waals surface area (Å²) in [6, 6.07) is 17.7. The third-order valence-electron chi connectivity index (χ3n) is 2.88. The van der Waals surface area contributed by atoms with Gasteiger partial charge in [-0.1, -0.05) is 42.5 Å². The number of ether oxygens (including phenoxy) is 1. The minimum Gasteiger partial charge on any atom is -0.489 e. The highest BCUT2D eigenvalue weighted by molar-refractivity contribution is 5.85. The second kappa shape index (κ2) is 8.59. The Morgan fingerprint density at radius 1 is 1.00 bits per heavy atom. The van der Waals surface area contributed by atoms with Crippen molar-refractivity contribution in [1.82, 2.24) is 0 Å². The third kappa shape index (κ3) is 5.21. The van der Waals surface area contributed by atoms with Gasteiger partial charge < -0.3 is 15.6 Å². The van der Waals surface area contributed by atoms with Crippen LogP contribution in [0.1, 0.15) is 11.1 Å². The van der Waals surface area contributed by atoms with Gasteiger partial charge in [0.15, 0.2) is 0 Å². The van der Waals surface area contributed by atoms with Gasteiger partial charge in [0, 0.05) is 6.04 Å². The summed E-state index contributed by atoms with van der Waals surface area (Å²) in [6.07, 6.45) is 0.652. The van der Waals surface area contributed by atoms with Gasteiger partial charge in [-0.2, -0.15) is 0 Å². The van der Waals surface area contributed by atoms with E-state index in [2.05, 4.69) is 0 Å². The van der Waals surface area contributed by atoms with Crippen LogP contribution >= 0.6 is 12.4 Å². The normalized spacial score (nSPS) is 11.5. The predicted molar refractivity (Wildman–Crippen MR) is 83.2 cm³/mol. The maximum atomic E-state index is 8.96. The quantitative estimate of drug-likeness (QED) is 0.860. The molecule has 0 spiro atoms. The molecule has 3 nitrogen and oxygen atoms in total. The molecular formula is C16H20ClNO2. The lowest BCUT2D eigenvalue weighted by Gasteiger charge is -2.10. The average molecular weight is 294 g/mol. The lowest BCUT2D eigenvalue weighted by atomic mass is 10.1. The van der Waals surface area contributed by atoms with Crippen LogP contribution in [0.15, 0.2) is 54.6 Å². The molecule has 1 unspecified atom stereocenters. The Bertz CT molecular complexity index is 505. The van der Waals surface area contributed by atoms with Crippen LogP contribution in [0.3, 0.4) is 0 Å². The summed E-state index contributed by atoms with van der Waals surface area (Å²) in [6.45, 7) is 0.547. The predicted octanol–water partition coefficient (Wildman–Crippen LogP) is 2.55. The summed E-state index contributed by atoms with van der Waals surface area (Å²) in [5.41, 5.74) is 7.94. The zero-order chi connectivity index (χ0) is 13.5. The minimum absolute atomic E-state index is 0. The standard InChI is InChI=1S/C16H19NO2.ClH/c17-15(11-18)9-14-7-4-8-16(10-14)19-12-13-5-2-1-3-6-13;/h1-8,10,15,18H,9,11-12,17H2;1H. The Morgan fingerprint density at radius 2 is 1.70 bits per heavy atom. The first-order valence-corrected chi connectivity index (χ1v) is 6.40. The van der Waals surface area contributed by atoms with Crippen molar-refractivity contribution in [2.45, 2.75) is 19.1 Å². The fourth-order valence-electron chi connectivity index (χ4n) is 1.87. The van der Waals surface area contributed by atoms with E-state index >= 15 is 0 Å². The molecule has 0 heterocycles. The van der Waals surface area contributed by atoms with E-state index in [1.165, 1.54) is 0 Å². The highest BCUT2D eigenvalue weighted by Gasteiger charge is 2.03. The molecule has 0 radical (unpaired) electrons. The topological polar surface area (TPSA) is 55.5 Å². The van der Waals surface area contributed by atoms with E-state index in [0.29, 0.717) is 13.0 Å². The lowest BCUT2D eigenvalue weighted by molar-refractivity contribution is 0.265. The number of aliphatic hydroxyl groups is 1. The molecule has 20 heavy (non-hydrogen) atoms. The summed E-state index contributed by atoms with van der Waals surface area (Å²) in [7, 11) is 0. The summed E-state index contributed by atoms with van der Waals surface area (Å²) >= 11 is 0. The van der Waals surface area contributed by atoms with Crippen molar-refractivity contribution in [3.05, 3.63) is 65.7 Å². The number of hydrogen-bond acceptors (Lipinski definition) is 3. The Balaban J connectivity index is 0.00000200. The van der Waals surface area contributed by atoms with Gasteiger partial charge in [-0.25, -0.2) is 0 Å². The van der Waals surface area contributed by atoms with E-state index < -0.39 is 0 Å². The Kier molecular flexibility index (Phi) is 7.09. The molecule has 2 aromatic carbocycles. The average Bonchev–Trinajstić information content (AvgIpc) is 2.46. The second-order valence-electron chi connectivity index (χ2n) is 4.57. The summed E-state index contributed by atoms with van der Waals surface area (Å²) < 4.78 is 5.74. The molecule has 0 aliphatic heterocycles. The van der Waals surface area contributed by atoms with Crippen molar-refractivity contribution in [2.24, 2.45) is 5.73 Å². The van der Waals surface area contributed by atoms with Gasteiger partial charge in [0.25, 0.3) is 0 Å². The highest BCUT2D eigenvalue weighted by Crippen LogP contribution is 2.16. The minimum atomic E-state index is -0.218. The molecule has 0 aromatic heterocycles. The molecule has 2 rings (SSSR count). The van der Waals surface area contributed by atoms with E-state index in [9.17, 15) is 0 Å². The van der Waals surface area contributed by atoms with Gasteiger partial charge in [0.1, 0.15) is 12.4 Å². The Labute approximate surface area is 125 Å². The zero-order valence-corrected chi connectivity index (χ0v) is 12.1. The van der Waals surface area contributed by atoms with Crippen molar-refractivity contribution < 1.29 is 9.84 Å². The molecule has 0 aliphatic carbocycles. The zero-order valence-electron chi connectivity index (χ0n) is 11.2. The first-order chi connectivity index (χ1) is 9.28. The maximum absolute atomic E-state index is 8.96. The number of rotatable bonds is 6. The summed E-state index contributed by atoms with van der Waals surface area (Å²) in [5, 5.41) is 8.96. The lowest BCUT2D eigenvalue weighted by Crippen LogP contribution is -2.26. The van der Waals surface area contributed by atoms with E-state index in [1.54, 1.807) is 0 Å². The number of hydrogen-bond donors (Lipinski definition) is 2. The summed E-state index contributed by atoms with van der Waals surface area (Å²) in [5.74, 6) is 0.825. The molecule has 108 valence electrons. The van der Waals surface area contributed by atoms with E-state index in [1.807, 2.05) is 54.6 Å². The fraction of sp³-hybridized carbons (Fsp3) is 0.250. The van der Waals surface area contributed by atoms with Crippen LogP contribution in [0.4, 0.5) is 0 Å². The van der Waals surface area contributed by atoms with Crippen LogP contribution in [-0.2, 0) is 13.0 Å². The summed E-state index contributed by atoms with van der Waals surface area (Å²) in [4.78, 5) is 0. The highest BCUT2D eigenvalue weighted by atomic mass is 35.5. The molecule has 0 bridgehead atoms. The Morgan fingerprint density at radius 3 is 2.40 bits per heavy atom. The van der Waals surface area contributed by atoms with Crippen LogP contribution in [0, 0.1) is 0 Å². The number of halogens is 1. The molecule has 1 atom stereocenters. The molecule has 4 heteroatoms. The number of nitrogens with two attached hydrogens (primary N) is 1. The molecule has 0 amide bonds. The second-order valence-corrected chi connectivity index (χ2v) is 4.57. The number of benzene rings is 2. The van der Waals surface area contributed by atoms with E-state index in [0.717, 1.165) is 16.9 Å². The van der Waals surface area contributed by atoms with Gasteiger partial charge in [0.05, 0.1) is 6.61 Å². The molecule has 0 fully saturated rings. The first kappa shape index (κ1) is 16.5. The van der Waals surface area contributed by atoms with Crippen LogP contribution < -0.4 is 10.5 Å². The molecule has 0 saturated heterocycles. The van der Waals surface area contributed by atoms with Gasteiger partial charge in [-0.05, 0) is 29.7 Å². The van der Waals surface area contributed by atoms with Gasteiger partial charge in [-0.3, -0.25) is 0 Å². The third-order valence-corrected chi connectivity index (χ3v) is 2.88. The van der Waals surface area contributed by atoms with Crippen molar-refractivity contribution >= 4 is 12.4 Å².